The van der Waals surface area contributed by atoms with E-state index in [9.17, 15) is 9.59 Å². The molecule has 0 atom stereocenters. The van der Waals surface area contributed by atoms with Gasteiger partial charge in [-0.1, -0.05) is 5.92 Å². The molecule has 1 aromatic carbocycles. The van der Waals surface area contributed by atoms with E-state index in [-0.39, 0.29) is 13.2 Å². The number of amides is 1. The van der Waals surface area contributed by atoms with Crippen molar-refractivity contribution in [3.8, 4) is 23.8 Å². The lowest BCUT2D eigenvalue weighted by molar-refractivity contribution is -0.144. The van der Waals surface area contributed by atoms with Gasteiger partial charge < -0.3 is 19.5 Å². The van der Waals surface area contributed by atoms with E-state index in [0.717, 1.165) is 4.90 Å². The Morgan fingerprint density at radius 3 is 2.29 bits per heavy atom. The quantitative estimate of drug-likeness (QED) is 0.723. The second-order valence-corrected chi connectivity index (χ2v) is 4.04. The summed E-state index contributed by atoms with van der Waals surface area (Å²) in [5.41, 5.74) is 0. The van der Waals surface area contributed by atoms with Crippen LogP contribution in [0, 0.1) is 12.3 Å². The fraction of sp³-hybridized carbons (Fsp3) is 0.333. The first-order valence-corrected chi connectivity index (χ1v) is 6.35. The van der Waals surface area contributed by atoms with Crippen molar-refractivity contribution in [2.45, 2.75) is 6.92 Å². The Bertz CT molecular complexity index is 518. The van der Waals surface area contributed by atoms with Gasteiger partial charge in [0.1, 0.15) is 18.0 Å². The van der Waals surface area contributed by atoms with Crippen LogP contribution in [-0.2, 0) is 9.59 Å². The highest BCUT2D eigenvalue weighted by Crippen LogP contribution is 2.17. The van der Waals surface area contributed by atoms with Crippen LogP contribution in [0.5, 0.6) is 11.5 Å². The highest BCUT2D eigenvalue weighted by Gasteiger charge is 2.16. The lowest BCUT2D eigenvalue weighted by Gasteiger charge is -2.18. The molecule has 1 aromatic rings. The van der Waals surface area contributed by atoms with Crippen molar-refractivity contribution in [2.24, 2.45) is 0 Å². The summed E-state index contributed by atoms with van der Waals surface area (Å²) < 4.78 is 10.6. The standard InChI is InChI=1S/C15H17NO5/c1-3-9-16(10-15(18)19)14(17)11-21-13-7-5-12(6-8-13)20-4-2/h1,5-8H,4,9-11H2,2H3,(H,18,19). The summed E-state index contributed by atoms with van der Waals surface area (Å²) in [6, 6.07) is 6.78. The number of rotatable bonds is 8. The van der Waals surface area contributed by atoms with E-state index in [1.807, 2.05) is 6.92 Å². The van der Waals surface area contributed by atoms with Gasteiger partial charge in [-0.3, -0.25) is 9.59 Å². The summed E-state index contributed by atoms with van der Waals surface area (Å²) in [5, 5.41) is 8.71. The molecule has 6 nitrogen and oxygen atoms in total. The van der Waals surface area contributed by atoms with Gasteiger partial charge in [-0.2, -0.15) is 0 Å². The van der Waals surface area contributed by atoms with E-state index in [4.69, 9.17) is 21.0 Å². The number of ether oxygens (including phenoxy) is 2. The number of benzene rings is 1. The van der Waals surface area contributed by atoms with Crippen LogP contribution in [0.25, 0.3) is 0 Å². The highest BCUT2D eigenvalue weighted by atomic mass is 16.5. The molecule has 6 heteroatoms. The third kappa shape index (κ3) is 5.87. The van der Waals surface area contributed by atoms with Gasteiger partial charge in [-0.15, -0.1) is 6.42 Å². The number of carbonyl (C=O) groups is 2. The van der Waals surface area contributed by atoms with Gasteiger partial charge in [0.25, 0.3) is 5.91 Å². The number of carboxylic acids is 1. The fourth-order valence-electron chi connectivity index (χ4n) is 1.54. The molecule has 112 valence electrons. The van der Waals surface area contributed by atoms with Gasteiger partial charge in [0.2, 0.25) is 0 Å². The Morgan fingerprint density at radius 2 is 1.81 bits per heavy atom. The SMILES string of the molecule is C#CCN(CC(=O)O)C(=O)COc1ccc(OCC)cc1. The molecule has 0 bridgehead atoms. The van der Waals surface area contributed by atoms with Gasteiger partial charge in [0.05, 0.1) is 13.2 Å². The second-order valence-electron chi connectivity index (χ2n) is 4.04. The number of hydrogen-bond acceptors (Lipinski definition) is 4. The zero-order valence-corrected chi connectivity index (χ0v) is 11.7. The highest BCUT2D eigenvalue weighted by molar-refractivity contribution is 5.82. The Labute approximate surface area is 123 Å². The first kappa shape index (κ1) is 16.4. The van der Waals surface area contributed by atoms with E-state index in [0.29, 0.717) is 18.1 Å². The number of nitrogens with zero attached hydrogens (tertiary/aromatic N) is 1. The molecule has 0 spiro atoms. The van der Waals surface area contributed by atoms with Crippen molar-refractivity contribution >= 4 is 11.9 Å². The van der Waals surface area contributed by atoms with Gasteiger partial charge in [-0.25, -0.2) is 0 Å². The average molecular weight is 291 g/mol. The third-order valence-corrected chi connectivity index (χ3v) is 2.46. The molecule has 0 aliphatic heterocycles. The third-order valence-electron chi connectivity index (χ3n) is 2.46. The van der Waals surface area contributed by atoms with E-state index in [1.54, 1.807) is 24.3 Å². The minimum atomic E-state index is -1.13. The van der Waals surface area contributed by atoms with Crippen LogP contribution in [0.4, 0.5) is 0 Å². The van der Waals surface area contributed by atoms with Crippen LogP contribution in [0.1, 0.15) is 6.92 Å². The predicted molar refractivity (Wildman–Crippen MR) is 76.2 cm³/mol. The average Bonchev–Trinajstić information content (AvgIpc) is 2.45. The molecule has 0 aliphatic rings. The summed E-state index contributed by atoms with van der Waals surface area (Å²) in [6.45, 7) is 1.65. The molecular weight excluding hydrogens is 274 g/mol. The Kier molecular flexibility index (Phi) is 6.61. The number of terminal acetylenes is 1. The maximum absolute atomic E-state index is 11.8. The molecule has 0 saturated heterocycles. The first-order chi connectivity index (χ1) is 10.1. The van der Waals surface area contributed by atoms with Crippen LogP contribution in [0.2, 0.25) is 0 Å². The number of carbonyl (C=O) groups excluding carboxylic acids is 1. The van der Waals surface area contributed by atoms with Crippen molar-refractivity contribution in [1.82, 2.24) is 4.90 Å². The molecule has 21 heavy (non-hydrogen) atoms. The van der Waals surface area contributed by atoms with Crippen LogP contribution >= 0.6 is 0 Å². The van der Waals surface area contributed by atoms with E-state index in [2.05, 4.69) is 5.92 Å². The minimum absolute atomic E-state index is 0.0717. The lowest BCUT2D eigenvalue weighted by atomic mass is 10.3. The van der Waals surface area contributed by atoms with Crippen LogP contribution in [0.15, 0.2) is 24.3 Å². The van der Waals surface area contributed by atoms with E-state index in [1.165, 1.54) is 0 Å². The van der Waals surface area contributed by atoms with Gasteiger partial charge in [0, 0.05) is 0 Å². The topological polar surface area (TPSA) is 76.1 Å². The molecule has 1 N–H and O–H groups in total. The Morgan fingerprint density at radius 1 is 1.24 bits per heavy atom. The molecule has 0 heterocycles. The monoisotopic (exact) mass is 291 g/mol. The van der Waals surface area contributed by atoms with E-state index >= 15 is 0 Å². The maximum Gasteiger partial charge on any atom is 0.323 e. The zero-order chi connectivity index (χ0) is 15.7. The van der Waals surface area contributed by atoms with Crippen molar-refractivity contribution in [3.05, 3.63) is 24.3 Å². The predicted octanol–water partition coefficient (Wildman–Crippen LogP) is 1.01. The van der Waals surface area contributed by atoms with Crippen molar-refractivity contribution in [2.75, 3.05) is 26.3 Å². The maximum atomic E-state index is 11.8. The molecule has 0 radical (unpaired) electrons. The minimum Gasteiger partial charge on any atom is -0.494 e. The molecule has 0 aromatic heterocycles. The van der Waals surface area contributed by atoms with Crippen molar-refractivity contribution in [1.29, 1.82) is 0 Å². The van der Waals surface area contributed by atoms with Gasteiger partial charge >= 0.3 is 5.97 Å². The molecule has 1 amide bonds. The fourth-order valence-corrected chi connectivity index (χ4v) is 1.54. The first-order valence-electron chi connectivity index (χ1n) is 6.35. The lowest BCUT2D eigenvalue weighted by Crippen LogP contribution is -2.38. The van der Waals surface area contributed by atoms with Gasteiger partial charge in [0.15, 0.2) is 6.61 Å². The van der Waals surface area contributed by atoms with Gasteiger partial charge in [-0.05, 0) is 31.2 Å². The van der Waals surface area contributed by atoms with Crippen LogP contribution in [-0.4, -0.2) is 48.2 Å². The molecule has 0 saturated carbocycles. The summed E-state index contributed by atoms with van der Waals surface area (Å²) >= 11 is 0. The molecule has 1 rings (SSSR count). The largest absolute Gasteiger partial charge is 0.494 e. The summed E-state index contributed by atoms with van der Waals surface area (Å²) in [5.74, 6) is 1.83. The molecule has 0 fully saturated rings. The Balaban J connectivity index is 2.54. The zero-order valence-electron chi connectivity index (χ0n) is 11.7. The number of aliphatic carboxylic acids is 1. The van der Waals surface area contributed by atoms with Crippen molar-refractivity contribution in [3.63, 3.8) is 0 Å². The Hall–Kier alpha value is -2.68. The van der Waals surface area contributed by atoms with Crippen LogP contribution in [0.3, 0.4) is 0 Å². The van der Waals surface area contributed by atoms with Crippen LogP contribution < -0.4 is 9.47 Å². The number of carboxylic acid groups (broad SMARTS) is 1. The molecule has 0 aliphatic carbocycles. The van der Waals surface area contributed by atoms with E-state index < -0.39 is 18.4 Å². The second kappa shape index (κ2) is 8.48. The summed E-state index contributed by atoms with van der Waals surface area (Å²) in [7, 11) is 0. The molecular formula is C15H17NO5. The molecule has 0 unspecified atom stereocenters. The number of hydrogen-bond donors (Lipinski definition) is 1. The van der Waals surface area contributed by atoms with Crippen molar-refractivity contribution < 1.29 is 24.2 Å². The summed E-state index contributed by atoms with van der Waals surface area (Å²) in [6.07, 6.45) is 5.10. The smallest absolute Gasteiger partial charge is 0.323 e. The summed E-state index contributed by atoms with van der Waals surface area (Å²) in [4.78, 5) is 23.5. The normalized spacial score (nSPS) is 9.52.